The lowest BCUT2D eigenvalue weighted by molar-refractivity contribution is 0.481. The first kappa shape index (κ1) is 33.5. The fraction of sp³-hybridized carbons (Fsp3) is 0.0357. The zero-order valence-electron chi connectivity index (χ0n) is 23.9. The third-order valence-electron chi connectivity index (χ3n) is 6.49. The summed E-state index contributed by atoms with van der Waals surface area (Å²) in [4.78, 5) is 10.9. The smallest absolute Gasteiger partial charge is 0.296 e. The van der Waals surface area contributed by atoms with Crippen LogP contribution in [0.15, 0.2) is 110 Å². The first-order valence-corrected chi connectivity index (χ1v) is 17.8. The van der Waals surface area contributed by atoms with Crippen molar-refractivity contribution >= 4 is 87.1 Å². The second-order valence-electron chi connectivity index (χ2n) is 9.65. The molecule has 242 valence electrons. The molecule has 0 aliphatic rings. The number of aryl methyl sites for hydroxylation is 1. The average Bonchev–Trinajstić information content (AvgIpc) is 2.99. The van der Waals surface area contributed by atoms with E-state index in [0.717, 1.165) is 18.2 Å². The zero-order valence-corrected chi connectivity index (χ0v) is 27.1. The number of hydrogen-bond acceptors (Lipinski definition) is 13. The van der Waals surface area contributed by atoms with Gasteiger partial charge >= 0.3 is 0 Å². The molecule has 15 nitrogen and oxygen atoms in total. The average molecular weight is 716 g/mol. The van der Waals surface area contributed by atoms with E-state index < -0.39 is 35.0 Å². The van der Waals surface area contributed by atoms with Crippen molar-refractivity contribution < 1.29 is 34.4 Å². The van der Waals surface area contributed by atoms with E-state index in [1.54, 1.807) is 49.4 Å². The SMILES string of the molecule is C=CS(=O)(=O)c1ccc(S(=O)(=O)O)c(Nc2nc(Cl)nc(Nc3ccc(N=Nc4cccc5c(S(=O)(=O)O)cccc45)c(C)c3)n2)c1. The maximum atomic E-state index is 12.3. The van der Waals surface area contributed by atoms with Crippen LogP contribution in [-0.4, -0.2) is 49.3 Å². The number of hydrogen-bond donors (Lipinski definition) is 4. The predicted octanol–water partition coefficient (Wildman–Crippen LogP) is 6.30. The van der Waals surface area contributed by atoms with Gasteiger partial charge in [-0.3, -0.25) is 9.11 Å². The molecule has 4 aromatic carbocycles. The number of fused-ring (bicyclic) bond motifs is 1. The van der Waals surface area contributed by atoms with Crippen molar-refractivity contribution in [3.63, 3.8) is 0 Å². The number of sulfone groups is 1. The van der Waals surface area contributed by atoms with E-state index in [1.807, 2.05) is 0 Å². The number of anilines is 4. The number of halogens is 1. The van der Waals surface area contributed by atoms with Gasteiger partial charge in [-0.25, -0.2) is 8.42 Å². The van der Waals surface area contributed by atoms with Gasteiger partial charge in [-0.05, 0) is 72.6 Å². The van der Waals surface area contributed by atoms with Crippen molar-refractivity contribution in [1.82, 2.24) is 15.0 Å². The molecular weight excluding hydrogens is 694 g/mol. The van der Waals surface area contributed by atoms with Crippen LogP contribution in [0.3, 0.4) is 0 Å². The minimum atomic E-state index is -4.80. The molecule has 0 spiro atoms. The summed E-state index contributed by atoms with van der Waals surface area (Å²) < 4.78 is 91.3. The van der Waals surface area contributed by atoms with Crippen LogP contribution in [0.5, 0.6) is 0 Å². The highest BCUT2D eigenvalue weighted by atomic mass is 35.5. The van der Waals surface area contributed by atoms with Crippen LogP contribution in [0, 0.1) is 6.92 Å². The fourth-order valence-electron chi connectivity index (χ4n) is 4.35. The van der Waals surface area contributed by atoms with E-state index in [2.05, 4.69) is 42.4 Å². The van der Waals surface area contributed by atoms with Crippen LogP contribution in [-0.2, 0) is 30.1 Å². The van der Waals surface area contributed by atoms with Gasteiger partial charge in [0.2, 0.25) is 17.2 Å². The van der Waals surface area contributed by atoms with Crippen molar-refractivity contribution in [3.05, 3.63) is 95.6 Å². The highest BCUT2D eigenvalue weighted by Gasteiger charge is 2.21. The molecule has 19 heteroatoms. The summed E-state index contributed by atoms with van der Waals surface area (Å²) in [7, 11) is -13.2. The van der Waals surface area contributed by atoms with E-state index in [-0.39, 0.29) is 38.0 Å². The molecule has 0 saturated carbocycles. The van der Waals surface area contributed by atoms with Crippen LogP contribution in [0.2, 0.25) is 5.28 Å². The molecule has 0 bridgehead atoms. The van der Waals surface area contributed by atoms with Crippen molar-refractivity contribution in [3.8, 4) is 0 Å². The monoisotopic (exact) mass is 715 g/mol. The summed E-state index contributed by atoms with van der Waals surface area (Å²) in [5.41, 5.74) is 1.64. The van der Waals surface area contributed by atoms with Crippen LogP contribution in [0.4, 0.5) is 34.6 Å². The summed E-state index contributed by atoms with van der Waals surface area (Å²) in [6, 6.07) is 17.0. The highest BCUT2D eigenvalue weighted by molar-refractivity contribution is 7.94. The Morgan fingerprint density at radius 2 is 1.38 bits per heavy atom. The van der Waals surface area contributed by atoms with E-state index in [1.165, 1.54) is 12.1 Å². The van der Waals surface area contributed by atoms with E-state index in [4.69, 9.17) is 11.6 Å². The zero-order chi connectivity index (χ0) is 34.1. The summed E-state index contributed by atoms with van der Waals surface area (Å²) in [6.45, 7) is 5.00. The van der Waals surface area contributed by atoms with E-state index >= 15 is 0 Å². The number of nitrogens with zero attached hydrogens (tertiary/aromatic N) is 5. The van der Waals surface area contributed by atoms with Gasteiger partial charge in [0.25, 0.3) is 20.2 Å². The summed E-state index contributed by atoms with van der Waals surface area (Å²) >= 11 is 6.08. The lowest BCUT2D eigenvalue weighted by Crippen LogP contribution is -2.09. The summed E-state index contributed by atoms with van der Waals surface area (Å²) in [5.74, 6) is -0.352. The Morgan fingerprint density at radius 1 is 0.745 bits per heavy atom. The second-order valence-corrected chi connectivity index (χ2v) is 14.7. The van der Waals surface area contributed by atoms with E-state index in [0.29, 0.717) is 33.4 Å². The van der Waals surface area contributed by atoms with Gasteiger partial charge in [-0.1, -0.05) is 30.8 Å². The maximum absolute atomic E-state index is 12.3. The molecule has 4 N–H and O–H groups in total. The van der Waals surface area contributed by atoms with Gasteiger partial charge in [0.15, 0.2) is 9.84 Å². The van der Waals surface area contributed by atoms with Crippen LogP contribution in [0.1, 0.15) is 5.56 Å². The predicted molar refractivity (Wildman–Crippen MR) is 174 cm³/mol. The number of aromatic nitrogens is 3. The van der Waals surface area contributed by atoms with Gasteiger partial charge in [-0.15, -0.1) is 5.11 Å². The largest absolute Gasteiger partial charge is 0.324 e. The fourth-order valence-corrected chi connectivity index (χ4v) is 6.57. The van der Waals surface area contributed by atoms with Gasteiger partial charge in [0.1, 0.15) is 9.79 Å². The highest BCUT2D eigenvalue weighted by Crippen LogP contribution is 2.33. The van der Waals surface area contributed by atoms with Gasteiger partial charge in [-0.2, -0.15) is 36.9 Å². The van der Waals surface area contributed by atoms with E-state index in [9.17, 15) is 34.4 Å². The van der Waals surface area contributed by atoms with Crippen LogP contribution >= 0.6 is 11.6 Å². The normalized spacial score (nSPS) is 12.3. The molecule has 1 aromatic heterocycles. The first-order chi connectivity index (χ1) is 22.0. The molecule has 0 aliphatic heterocycles. The number of azo groups is 1. The van der Waals surface area contributed by atoms with Crippen LogP contribution < -0.4 is 10.6 Å². The van der Waals surface area contributed by atoms with Crippen molar-refractivity contribution in [2.24, 2.45) is 10.2 Å². The minimum absolute atomic E-state index is 0.0741. The number of nitrogens with one attached hydrogen (secondary N) is 2. The Labute approximate surface area is 273 Å². The molecule has 47 heavy (non-hydrogen) atoms. The topological polar surface area (TPSA) is 230 Å². The van der Waals surface area contributed by atoms with Crippen LogP contribution in [0.25, 0.3) is 10.8 Å². The van der Waals surface area contributed by atoms with Crippen molar-refractivity contribution in [1.29, 1.82) is 0 Å². The second kappa shape index (κ2) is 12.7. The molecule has 0 fully saturated rings. The lowest BCUT2D eigenvalue weighted by atomic mass is 10.1. The van der Waals surface area contributed by atoms with Gasteiger partial charge < -0.3 is 10.6 Å². The number of rotatable bonds is 10. The molecular formula is C28H22ClN7O8S3. The third-order valence-corrected chi connectivity index (χ3v) is 9.83. The summed E-state index contributed by atoms with van der Waals surface area (Å²) in [5, 5.41) is 15.2. The Kier molecular flexibility index (Phi) is 9.09. The molecule has 0 amide bonds. The number of benzene rings is 4. The first-order valence-electron chi connectivity index (χ1n) is 13.0. The Hall–Kier alpha value is -4.85. The Balaban J connectivity index is 1.41. The molecule has 1 heterocycles. The minimum Gasteiger partial charge on any atom is -0.324 e. The maximum Gasteiger partial charge on any atom is 0.296 e. The standard InChI is InChI=1S/C28H22ClN7O8S3/c1-3-45(37,38)18-11-13-25(47(42,43)44)23(15-18)31-28-33-26(29)32-27(34-28)30-17-10-12-21(16(2)14-17)35-36-22-8-4-7-20-19(22)6-5-9-24(20)46(39,40)41/h3-15H,1H2,2H3,(H,39,40,41)(H,42,43,44)(H2,30,31,32,33,34). The molecule has 0 atom stereocenters. The molecule has 0 saturated heterocycles. The quantitative estimate of drug-likeness (QED) is 0.0920. The molecule has 0 radical (unpaired) electrons. The lowest BCUT2D eigenvalue weighted by Gasteiger charge is -2.12. The Bertz CT molecular complexity index is 2440. The van der Waals surface area contributed by atoms with Crippen molar-refractivity contribution in [2.75, 3.05) is 10.6 Å². The van der Waals surface area contributed by atoms with Gasteiger partial charge in [0, 0.05) is 21.9 Å². The van der Waals surface area contributed by atoms with Crippen molar-refractivity contribution in [2.45, 2.75) is 21.6 Å². The Morgan fingerprint density at radius 3 is 2.04 bits per heavy atom. The molecule has 5 rings (SSSR count). The van der Waals surface area contributed by atoms with Gasteiger partial charge in [0.05, 0.1) is 22.0 Å². The molecule has 0 aliphatic carbocycles. The molecule has 5 aromatic rings. The molecule has 0 unspecified atom stereocenters. The summed E-state index contributed by atoms with van der Waals surface area (Å²) in [6.07, 6.45) is 0. The third kappa shape index (κ3) is 7.59.